The van der Waals surface area contributed by atoms with E-state index in [0.29, 0.717) is 0 Å². The zero-order chi connectivity index (χ0) is 10.7. The Morgan fingerprint density at radius 3 is 2.64 bits per heavy atom. The molecule has 1 saturated carbocycles. The van der Waals surface area contributed by atoms with Crippen LogP contribution in [-0.2, 0) is 0 Å². The van der Waals surface area contributed by atoms with Crippen LogP contribution >= 0.6 is 0 Å². The molecular formula is C13H20O. The van der Waals surface area contributed by atoms with Gasteiger partial charge in [0.15, 0.2) is 0 Å². The largest absolute Gasteiger partial charge is 0.385 e. The molecular weight excluding hydrogens is 172 g/mol. The van der Waals surface area contributed by atoms with Crippen molar-refractivity contribution >= 4 is 0 Å². The summed E-state index contributed by atoms with van der Waals surface area (Å²) in [5, 5.41) is 10.2. The predicted molar refractivity (Wildman–Crippen MR) is 60.0 cm³/mol. The summed E-state index contributed by atoms with van der Waals surface area (Å²) < 4.78 is 0. The van der Waals surface area contributed by atoms with Crippen molar-refractivity contribution in [3.63, 3.8) is 0 Å². The first-order valence-electron chi connectivity index (χ1n) is 5.28. The molecule has 0 aliphatic heterocycles. The first-order chi connectivity index (χ1) is 6.58. The van der Waals surface area contributed by atoms with Gasteiger partial charge in [-0.25, -0.2) is 0 Å². The van der Waals surface area contributed by atoms with Crippen LogP contribution in [0.4, 0.5) is 0 Å². The molecule has 1 heteroatoms. The molecule has 0 unspecified atom stereocenters. The summed E-state index contributed by atoms with van der Waals surface area (Å²) in [5.41, 5.74) is 2.08. The second-order valence-corrected chi connectivity index (χ2v) is 4.44. The summed E-state index contributed by atoms with van der Waals surface area (Å²) in [6.45, 7) is 7.71. The number of hydrogen-bond acceptors (Lipinski definition) is 1. The van der Waals surface area contributed by atoms with E-state index < -0.39 is 5.60 Å². The Hall–Kier alpha value is -0.780. The van der Waals surface area contributed by atoms with Crippen LogP contribution in [0.5, 0.6) is 0 Å². The smallest absolute Gasteiger partial charge is 0.0954 e. The molecule has 0 aromatic heterocycles. The van der Waals surface area contributed by atoms with E-state index in [-0.39, 0.29) is 5.41 Å². The molecule has 1 fully saturated rings. The third kappa shape index (κ3) is 1.84. The molecule has 1 aliphatic rings. The highest BCUT2D eigenvalue weighted by atomic mass is 16.3. The van der Waals surface area contributed by atoms with Gasteiger partial charge in [-0.1, -0.05) is 25.7 Å². The van der Waals surface area contributed by atoms with Crippen LogP contribution in [0.25, 0.3) is 0 Å². The van der Waals surface area contributed by atoms with Crippen LogP contribution in [0.3, 0.4) is 0 Å². The molecule has 1 aliphatic carbocycles. The van der Waals surface area contributed by atoms with E-state index in [1.807, 2.05) is 6.92 Å². The van der Waals surface area contributed by atoms with Crippen molar-refractivity contribution in [2.24, 2.45) is 5.41 Å². The molecule has 0 amide bonds. The lowest BCUT2D eigenvalue weighted by Gasteiger charge is -2.52. The number of aliphatic hydroxyl groups is 1. The Labute approximate surface area is 86.8 Å². The Kier molecular flexibility index (Phi) is 3.36. The van der Waals surface area contributed by atoms with Gasteiger partial charge in [0.2, 0.25) is 0 Å². The molecule has 1 nitrogen and oxygen atoms in total. The van der Waals surface area contributed by atoms with Crippen molar-refractivity contribution in [3.8, 4) is 0 Å². The van der Waals surface area contributed by atoms with Crippen molar-refractivity contribution in [2.45, 2.75) is 45.1 Å². The molecule has 1 rings (SSSR count). The highest BCUT2D eigenvalue weighted by Gasteiger charge is 2.52. The molecule has 0 radical (unpaired) electrons. The maximum absolute atomic E-state index is 10.2. The molecule has 14 heavy (non-hydrogen) atoms. The molecule has 0 saturated heterocycles. The van der Waals surface area contributed by atoms with Gasteiger partial charge in [-0.3, -0.25) is 0 Å². The van der Waals surface area contributed by atoms with Crippen LogP contribution in [-0.4, -0.2) is 10.7 Å². The van der Waals surface area contributed by atoms with E-state index in [0.717, 1.165) is 25.7 Å². The van der Waals surface area contributed by atoms with E-state index in [2.05, 4.69) is 31.4 Å². The molecule has 0 aromatic rings. The van der Waals surface area contributed by atoms with E-state index in [4.69, 9.17) is 0 Å². The fraction of sp³-hybridized carbons (Fsp3) is 0.615. The van der Waals surface area contributed by atoms with Gasteiger partial charge in [-0.2, -0.15) is 0 Å². The second kappa shape index (κ2) is 4.16. The normalized spacial score (nSPS) is 36.5. The topological polar surface area (TPSA) is 20.2 Å². The van der Waals surface area contributed by atoms with Crippen molar-refractivity contribution in [1.29, 1.82) is 0 Å². The Morgan fingerprint density at radius 2 is 2.21 bits per heavy atom. The van der Waals surface area contributed by atoms with Crippen LogP contribution in [0.15, 0.2) is 30.5 Å². The molecule has 78 valence electrons. The van der Waals surface area contributed by atoms with E-state index in [1.165, 1.54) is 0 Å². The SMILES string of the molecule is C=C=C[C@]1(O)CC[C@@]1(C)CC/C=C/C. The standard InChI is InChI=1S/C13H20O/c1-4-6-7-9-12(3)10-11-13(12,14)8-5-2/h4,6,8,14H,2,7,9-11H2,1,3H3/b6-4+/t12-,13+/m1/s1. The molecule has 0 bridgehead atoms. The van der Waals surface area contributed by atoms with Gasteiger partial charge < -0.3 is 5.11 Å². The number of rotatable bonds is 4. The minimum Gasteiger partial charge on any atom is -0.385 e. The Balaban J connectivity index is 2.61. The zero-order valence-corrected chi connectivity index (χ0v) is 9.21. The fourth-order valence-electron chi connectivity index (χ4n) is 2.13. The van der Waals surface area contributed by atoms with Crippen molar-refractivity contribution in [1.82, 2.24) is 0 Å². The quantitative estimate of drug-likeness (QED) is 0.535. The molecule has 0 heterocycles. The summed E-state index contributed by atoms with van der Waals surface area (Å²) in [5.74, 6) is 0. The molecule has 1 N–H and O–H groups in total. The fourth-order valence-corrected chi connectivity index (χ4v) is 2.13. The molecule has 2 atom stereocenters. The van der Waals surface area contributed by atoms with Crippen molar-refractivity contribution < 1.29 is 5.11 Å². The lowest BCUT2D eigenvalue weighted by molar-refractivity contribution is -0.123. The minimum atomic E-state index is -0.656. The molecule has 0 aromatic carbocycles. The van der Waals surface area contributed by atoms with Gasteiger partial charge in [0, 0.05) is 5.41 Å². The summed E-state index contributed by atoms with van der Waals surface area (Å²) >= 11 is 0. The van der Waals surface area contributed by atoms with E-state index in [9.17, 15) is 5.11 Å². The highest BCUT2D eigenvalue weighted by molar-refractivity contribution is 5.16. The lowest BCUT2D eigenvalue weighted by atomic mass is 9.56. The summed E-state index contributed by atoms with van der Waals surface area (Å²) in [4.78, 5) is 0. The number of hydrogen-bond donors (Lipinski definition) is 1. The van der Waals surface area contributed by atoms with Crippen LogP contribution in [0.2, 0.25) is 0 Å². The van der Waals surface area contributed by atoms with Crippen molar-refractivity contribution in [3.05, 3.63) is 30.5 Å². The Morgan fingerprint density at radius 1 is 1.50 bits per heavy atom. The van der Waals surface area contributed by atoms with Gasteiger partial charge in [-0.05, 0) is 38.7 Å². The number of allylic oxidation sites excluding steroid dienone is 2. The van der Waals surface area contributed by atoms with Gasteiger partial charge >= 0.3 is 0 Å². The predicted octanol–water partition coefficient (Wildman–Crippen LogP) is 3.22. The van der Waals surface area contributed by atoms with Crippen LogP contribution in [0.1, 0.15) is 39.5 Å². The average Bonchev–Trinajstić information content (AvgIpc) is 2.17. The first kappa shape index (κ1) is 11.3. The monoisotopic (exact) mass is 192 g/mol. The van der Waals surface area contributed by atoms with Gasteiger partial charge in [0.1, 0.15) is 0 Å². The highest BCUT2D eigenvalue weighted by Crippen LogP contribution is 2.53. The molecule has 0 spiro atoms. The maximum atomic E-state index is 10.2. The minimum absolute atomic E-state index is 0.0250. The van der Waals surface area contributed by atoms with Crippen LogP contribution in [0, 0.1) is 5.41 Å². The average molecular weight is 192 g/mol. The zero-order valence-electron chi connectivity index (χ0n) is 9.21. The first-order valence-corrected chi connectivity index (χ1v) is 5.28. The maximum Gasteiger partial charge on any atom is 0.0954 e. The summed E-state index contributed by atoms with van der Waals surface area (Å²) in [6.07, 6.45) is 9.96. The van der Waals surface area contributed by atoms with Crippen LogP contribution < -0.4 is 0 Å². The summed E-state index contributed by atoms with van der Waals surface area (Å²) in [7, 11) is 0. The summed E-state index contributed by atoms with van der Waals surface area (Å²) in [6, 6.07) is 0. The third-order valence-corrected chi connectivity index (χ3v) is 3.54. The van der Waals surface area contributed by atoms with E-state index in [1.54, 1.807) is 6.08 Å². The third-order valence-electron chi connectivity index (χ3n) is 3.54. The Bertz CT molecular complexity index is 273. The van der Waals surface area contributed by atoms with E-state index >= 15 is 0 Å². The van der Waals surface area contributed by atoms with Gasteiger partial charge in [0.25, 0.3) is 0 Å². The van der Waals surface area contributed by atoms with Crippen molar-refractivity contribution in [2.75, 3.05) is 0 Å². The van der Waals surface area contributed by atoms with Gasteiger partial charge in [0.05, 0.1) is 5.60 Å². The lowest BCUT2D eigenvalue weighted by Crippen LogP contribution is -2.53. The second-order valence-electron chi connectivity index (χ2n) is 4.44. The van der Waals surface area contributed by atoms with Gasteiger partial charge in [-0.15, -0.1) is 5.73 Å².